The highest BCUT2D eigenvalue weighted by Crippen LogP contribution is 2.15. The molecule has 0 aromatic carbocycles. The second kappa shape index (κ2) is 7.16. The highest BCUT2D eigenvalue weighted by Gasteiger charge is 2.34. The Kier molecular flexibility index (Phi) is 7.01. The number of nitrogens with two attached hydrogens (primary N) is 1. The van der Waals surface area contributed by atoms with Crippen molar-refractivity contribution in [1.82, 2.24) is 4.90 Å². The molecule has 1 heterocycles. The summed E-state index contributed by atoms with van der Waals surface area (Å²) >= 11 is 0. The molecule has 2 atom stereocenters. The van der Waals surface area contributed by atoms with Crippen molar-refractivity contribution < 1.29 is 14.6 Å². The fourth-order valence-corrected chi connectivity index (χ4v) is 2.00. The molecule has 6 heteroatoms. The molecule has 5 nitrogen and oxygen atoms in total. The Morgan fingerprint density at radius 3 is 2.82 bits per heavy atom. The summed E-state index contributed by atoms with van der Waals surface area (Å²) in [4.78, 5) is 13.8. The molecule has 0 spiro atoms. The molecule has 0 aromatic rings. The number of carbonyl (C=O) groups excluding carboxylic acids is 1. The summed E-state index contributed by atoms with van der Waals surface area (Å²) in [5, 5.41) is 9.00. The average Bonchev–Trinajstić information content (AvgIpc) is 2.28. The van der Waals surface area contributed by atoms with Crippen LogP contribution >= 0.6 is 12.4 Å². The molecule has 0 radical (unpaired) electrons. The van der Waals surface area contributed by atoms with E-state index in [1.54, 1.807) is 11.8 Å². The molecule has 17 heavy (non-hydrogen) atoms. The third kappa shape index (κ3) is 4.43. The lowest BCUT2D eigenvalue weighted by molar-refractivity contribution is -0.145. The van der Waals surface area contributed by atoms with E-state index in [4.69, 9.17) is 15.6 Å². The van der Waals surface area contributed by atoms with Crippen molar-refractivity contribution >= 4 is 18.3 Å². The fraction of sp³-hybridized carbons (Fsp3) is 0.909. The van der Waals surface area contributed by atoms with Gasteiger partial charge in [-0.3, -0.25) is 4.79 Å². The van der Waals surface area contributed by atoms with Crippen LogP contribution in [0.2, 0.25) is 0 Å². The van der Waals surface area contributed by atoms with Gasteiger partial charge in [0.1, 0.15) is 0 Å². The van der Waals surface area contributed by atoms with Gasteiger partial charge < -0.3 is 20.5 Å². The van der Waals surface area contributed by atoms with E-state index in [1.807, 2.05) is 6.92 Å². The summed E-state index contributed by atoms with van der Waals surface area (Å²) in [7, 11) is 0. The van der Waals surface area contributed by atoms with Gasteiger partial charge in [-0.15, -0.1) is 12.4 Å². The molecule has 0 aromatic heterocycles. The van der Waals surface area contributed by atoms with E-state index in [2.05, 4.69) is 0 Å². The van der Waals surface area contributed by atoms with E-state index in [9.17, 15) is 4.79 Å². The Hall–Kier alpha value is -0.360. The van der Waals surface area contributed by atoms with Gasteiger partial charge in [-0.2, -0.15) is 0 Å². The molecule has 102 valence electrons. The zero-order valence-electron chi connectivity index (χ0n) is 10.5. The van der Waals surface area contributed by atoms with Gasteiger partial charge in [0.15, 0.2) is 0 Å². The highest BCUT2D eigenvalue weighted by molar-refractivity contribution is 5.86. The molecule has 1 fully saturated rings. The summed E-state index contributed by atoms with van der Waals surface area (Å²) in [6, 6.07) is 0. The number of aliphatic hydroxyl groups excluding tert-OH is 1. The first-order chi connectivity index (χ1) is 7.51. The van der Waals surface area contributed by atoms with Gasteiger partial charge in [0, 0.05) is 13.1 Å². The van der Waals surface area contributed by atoms with Gasteiger partial charge in [0.25, 0.3) is 0 Å². The van der Waals surface area contributed by atoms with Crippen molar-refractivity contribution in [3.63, 3.8) is 0 Å². The van der Waals surface area contributed by atoms with Crippen LogP contribution < -0.4 is 5.73 Å². The number of morpholine rings is 1. The Bertz CT molecular complexity index is 249. The molecule has 2 unspecified atom stereocenters. The molecule has 1 rings (SSSR count). The molecule has 0 aliphatic carbocycles. The van der Waals surface area contributed by atoms with E-state index < -0.39 is 5.54 Å². The Morgan fingerprint density at radius 1 is 1.65 bits per heavy atom. The zero-order chi connectivity index (χ0) is 12.2. The summed E-state index contributed by atoms with van der Waals surface area (Å²) in [5.41, 5.74) is 5.19. The molecular formula is C11H23ClN2O3. The maximum absolute atomic E-state index is 12.1. The third-order valence-corrected chi connectivity index (χ3v) is 2.89. The van der Waals surface area contributed by atoms with Crippen molar-refractivity contribution in [3.8, 4) is 0 Å². The first-order valence-corrected chi connectivity index (χ1v) is 5.82. The lowest BCUT2D eigenvalue weighted by atomic mass is 9.95. The minimum atomic E-state index is -0.800. The van der Waals surface area contributed by atoms with Gasteiger partial charge in [-0.25, -0.2) is 0 Å². The Morgan fingerprint density at radius 2 is 2.29 bits per heavy atom. The number of amides is 1. The van der Waals surface area contributed by atoms with Crippen LogP contribution in [0.25, 0.3) is 0 Å². The first-order valence-electron chi connectivity index (χ1n) is 5.82. The number of rotatable bonds is 4. The third-order valence-electron chi connectivity index (χ3n) is 2.89. The Labute approximate surface area is 109 Å². The number of nitrogens with zero attached hydrogens (tertiary/aromatic N) is 1. The lowest BCUT2D eigenvalue weighted by Gasteiger charge is -2.36. The van der Waals surface area contributed by atoms with Crippen molar-refractivity contribution in [2.75, 3.05) is 26.3 Å². The fourth-order valence-electron chi connectivity index (χ4n) is 2.00. The van der Waals surface area contributed by atoms with Crippen molar-refractivity contribution in [2.24, 2.45) is 5.73 Å². The number of hydrogen-bond donors (Lipinski definition) is 2. The summed E-state index contributed by atoms with van der Waals surface area (Å²) in [5.74, 6) is -0.0453. The molecule has 0 saturated carbocycles. The molecule has 0 bridgehead atoms. The van der Waals surface area contributed by atoms with Gasteiger partial charge >= 0.3 is 0 Å². The lowest BCUT2D eigenvalue weighted by Crippen LogP contribution is -2.57. The number of aliphatic hydroxyl groups is 1. The second-order valence-electron chi connectivity index (χ2n) is 4.59. The monoisotopic (exact) mass is 266 g/mol. The van der Waals surface area contributed by atoms with Crippen molar-refractivity contribution in [1.29, 1.82) is 0 Å². The van der Waals surface area contributed by atoms with Crippen LogP contribution in [0.4, 0.5) is 0 Å². The van der Waals surface area contributed by atoms with Crippen LogP contribution in [0.15, 0.2) is 0 Å². The van der Waals surface area contributed by atoms with E-state index in [-0.39, 0.29) is 31.0 Å². The smallest absolute Gasteiger partial charge is 0.242 e. The van der Waals surface area contributed by atoms with E-state index in [1.165, 1.54) is 0 Å². The van der Waals surface area contributed by atoms with Crippen LogP contribution in [0, 0.1) is 0 Å². The van der Waals surface area contributed by atoms with Crippen LogP contribution in [0.1, 0.15) is 26.7 Å². The molecule has 1 saturated heterocycles. The van der Waals surface area contributed by atoms with E-state index in [0.29, 0.717) is 26.1 Å². The van der Waals surface area contributed by atoms with E-state index >= 15 is 0 Å². The molecule has 1 amide bonds. The van der Waals surface area contributed by atoms with Crippen LogP contribution in [0.3, 0.4) is 0 Å². The summed E-state index contributed by atoms with van der Waals surface area (Å²) in [6.45, 7) is 5.19. The highest BCUT2D eigenvalue weighted by atomic mass is 35.5. The van der Waals surface area contributed by atoms with Crippen molar-refractivity contribution in [2.45, 2.75) is 38.3 Å². The molecule has 3 N–H and O–H groups in total. The maximum atomic E-state index is 12.1. The van der Waals surface area contributed by atoms with Gasteiger partial charge in [0.2, 0.25) is 5.91 Å². The van der Waals surface area contributed by atoms with Crippen molar-refractivity contribution in [3.05, 3.63) is 0 Å². The summed E-state index contributed by atoms with van der Waals surface area (Å²) in [6.07, 6.45) is 1.29. The topological polar surface area (TPSA) is 75.8 Å². The standard InChI is InChI=1S/C11H22N2O3.ClH/c1-3-4-11(2,12)10(15)13-5-6-16-9(7-13)8-14;/h9,14H,3-8,12H2,1-2H3;1H. The van der Waals surface area contributed by atoms with Gasteiger partial charge in [0.05, 0.1) is 24.9 Å². The van der Waals surface area contributed by atoms with Crippen LogP contribution in [-0.2, 0) is 9.53 Å². The minimum absolute atomic E-state index is 0. The number of halogens is 1. The first kappa shape index (κ1) is 16.6. The SMILES string of the molecule is CCCC(C)(N)C(=O)N1CCOC(CO)C1.Cl. The maximum Gasteiger partial charge on any atom is 0.242 e. The number of hydrogen-bond acceptors (Lipinski definition) is 4. The zero-order valence-corrected chi connectivity index (χ0v) is 11.3. The van der Waals surface area contributed by atoms with Gasteiger partial charge in [-0.1, -0.05) is 13.3 Å². The molecule has 1 aliphatic heterocycles. The number of ether oxygens (including phenoxy) is 1. The van der Waals surface area contributed by atoms with Crippen LogP contribution in [0.5, 0.6) is 0 Å². The molecule has 1 aliphatic rings. The predicted octanol–water partition coefficient (Wildman–Crippen LogP) is 0.145. The van der Waals surface area contributed by atoms with Crippen LogP contribution in [-0.4, -0.2) is 53.9 Å². The molecular weight excluding hydrogens is 244 g/mol. The summed E-state index contributed by atoms with van der Waals surface area (Å²) < 4.78 is 5.30. The quantitative estimate of drug-likeness (QED) is 0.759. The normalized spacial score (nSPS) is 23.8. The number of carbonyl (C=O) groups is 1. The predicted molar refractivity (Wildman–Crippen MR) is 68.2 cm³/mol. The second-order valence-corrected chi connectivity index (χ2v) is 4.59. The Balaban J connectivity index is 0.00000256. The average molecular weight is 267 g/mol. The van der Waals surface area contributed by atoms with Gasteiger partial charge in [-0.05, 0) is 13.3 Å². The minimum Gasteiger partial charge on any atom is -0.394 e. The van der Waals surface area contributed by atoms with E-state index in [0.717, 1.165) is 6.42 Å². The largest absolute Gasteiger partial charge is 0.394 e.